The van der Waals surface area contributed by atoms with Crippen LogP contribution in [-0.2, 0) is 6.54 Å². The van der Waals surface area contributed by atoms with Gasteiger partial charge in [0.25, 0.3) is 0 Å². The molecule has 0 fully saturated rings. The molecule has 0 unspecified atom stereocenters. The van der Waals surface area contributed by atoms with E-state index in [-0.39, 0.29) is 11.6 Å². The van der Waals surface area contributed by atoms with E-state index in [0.717, 1.165) is 12.1 Å². The zero-order chi connectivity index (χ0) is 15.2. The van der Waals surface area contributed by atoms with Gasteiger partial charge in [0.05, 0.1) is 0 Å². The van der Waals surface area contributed by atoms with Crippen molar-refractivity contribution < 1.29 is 9.18 Å². The minimum atomic E-state index is -0.327. The molecule has 0 heterocycles. The van der Waals surface area contributed by atoms with Gasteiger partial charge in [-0.15, -0.1) is 0 Å². The molecule has 0 N–H and O–H groups in total. The zero-order valence-electron chi connectivity index (χ0n) is 11.9. The first kappa shape index (κ1) is 15.7. The molecule has 2 nitrogen and oxygen atoms in total. The Morgan fingerprint density at radius 2 is 1.71 bits per heavy atom. The molecule has 0 spiro atoms. The maximum atomic E-state index is 12.8. The number of ketones is 1. The molecule has 0 bridgehead atoms. The fourth-order valence-electron chi connectivity index (χ4n) is 2.05. The van der Waals surface area contributed by atoms with Crippen LogP contribution in [0.25, 0.3) is 0 Å². The number of hydrogen-bond acceptors (Lipinski definition) is 2. The van der Waals surface area contributed by atoms with Crippen LogP contribution >= 0.6 is 11.6 Å². The Morgan fingerprint density at radius 3 is 2.33 bits per heavy atom. The van der Waals surface area contributed by atoms with E-state index in [1.807, 2.05) is 31.3 Å². The molecule has 2 aromatic carbocycles. The minimum absolute atomic E-state index is 0.0259. The van der Waals surface area contributed by atoms with E-state index in [4.69, 9.17) is 11.6 Å². The molecule has 0 aliphatic heterocycles. The summed E-state index contributed by atoms with van der Waals surface area (Å²) in [6.45, 7) is 1.41. The van der Waals surface area contributed by atoms with Crippen LogP contribution in [0.1, 0.15) is 22.3 Å². The largest absolute Gasteiger partial charge is 0.302 e. The topological polar surface area (TPSA) is 20.3 Å². The summed E-state index contributed by atoms with van der Waals surface area (Å²) in [6, 6.07) is 13.3. The average Bonchev–Trinajstić information content (AvgIpc) is 2.48. The lowest BCUT2D eigenvalue weighted by Gasteiger charge is -2.16. The van der Waals surface area contributed by atoms with Crippen molar-refractivity contribution in [2.45, 2.75) is 13.0 Å². The van der Waals surface area contributed by atoms with Gasteiger partial charge in [-0.1, -0.05) is 23.7 Å². The summed E-state index contributed by atoms with van der Waals surface area (Å²) in [5.41, 5.74) is 1.70. The van der Waals surface area contributed by atoms with Gasteiger partial charge in [-0.2, -0.15) is 0 Å². The van der Waals surface area contributed by atoms with E-state index in [2.05, 4.69) is 4.90 Å². The first-order valence-electron chi connectivity index (χ1n) is 6.76. The molecule has 2 rings (SSSR count). The summed E-state index contributed by atoms with van der Waals surface area (Å²) in [6.07, 6.45) is 0.412. The zero-order valence-corrected chi connectivity index (χ0v) is 12.6. The van der Waals surface area contributed by atoms with Crippen molar-refractivity contribution in [3.05, 3.63) is 70.5 Å². The van der Waals surface area contributed by atoms with Crippen molar-refractivity contribution in [2.24, 2.45) is 0 Å². The van der Waals surface area contributed by atoms with Crippen LogP contribution in [0.15, 0.2) is 48.5 Å². The second-order valence-corrected chi connectivity index (χ2v) is 5.48. The number of carbonyl (C=O) groups excluding carboxylic acids is 1. The molecule has 0 saturated carbocycles. The lowest BCUT2D eigenvalue weighted by Crippen LogP contribution is -2.21. The van der Waals surface area contributed by atoms with E-state index in [1.165, 1.54) is 24.3 Å². The van der Waals surface area contributed by atoms with Crippen LogP contribution in [0.2, 0.25) is 5.02 Å². The Balaban J connectivity index is 1.83. The predicted octanol–water partition coefficient (Wildman–Crippen LogP) is 4.18. The van der Waals surface area contributed by atoms with Crippen molar-refractivity contribution in [1.82, 2.24) is 4.90 Å². The molecule has 2 aromatic rings. The molecular weight excluding hydrogens is 289 g/mol. The molecule has 0 aliphatic carbocycles. The smallest absolute Gasteiger partial charge is 0.164 e. The van der Waals surface area contributed by atoms with Gasteiger partial charge in [-0.05, 0) is 49.0 Å². The van der Waals surface area contributed by atoms with Crippen molar-refractivity contribution in [1.29, 1.82) is 0 Å². The van der Waals surface area contributed by atoms with E-state index < -0.39 is 0 Å². The molecular formula is C17H17ClFNO. The summed E-state index contributed by atoms with van der Waals surface area (Å²) in [7, 11) is 1.96. The molecule has 0 amide bonds. The molecule has 0 radical (unpaired) electrons. The summed E-state index contributed by atoms with van der Waals surface area (Å²) >= 11 is 5.84. The Morgan fingerprint density at radius 1 is 1.10 bits per heavy atom. The van der Waals surface area contributed by atoms with Gasteiger partial charge in [-0.25, -0.2) is 4.39 Å². The highest BCUT2D eigenvalue weighted by Gasteiger charge is 2.08. The maximum absolute atomic E-state index is 12.8. The van der Waals surface area contributed by atoms with E-state index in [0.29, 0.717) is 23.6 Å². The van der Waals surface area contributed by atoms with Crippen LogP contribution in [-0.4, -0.2) is 24.3 Å². The summed E-state index contributed by atoms with van der Waals surface area (Å²) in [4.78, 5) is 14.1. The number of rotatable bonds is 6. The third-order valence-electron chi connectivity index (χ3n) is 3.25. The third kappa shape index (κ3) is 4.96. The van der Waals surface area contributed by atoms with Crippen LogP contribution < -0.4 is 0 Å². The maximum Gasteiger partial charge on any atom is 0.164 e. The molecule has 0 saturated heterocycles. The standard InChI is InChI=1S/C17H17ClFNO/c1-20(12-13-2-6-15(18)7-3-13)11-10-17(21)14-4-8-16(19)9-5-14/h2-9H,10-12H2,1H3. The second kappa shape index (κ2) is 7.34. The number of carbonyl (C=O) groups is 1. The SMILES string of the molecule is CN(CCC(=O)c1ccc(F)cc1)Cc1ccc(Cl)cc1. The summed E-state index contributed by atoms with van der Waals surface area (Å²) in [5.74, 6) is -0.302. The van der Waals surface area contributed by atoms with Gasteiger partial charge >= 0.3 is 0 Å². The monoisotopic (exact) mass is 305 g/mol. The summed E-state index contributed by atoms with van der Waals surface area (Å²) in [5, 5.41) is 0.716. The molecule has 0 aliphatic rings. The number of nitrogens with zero attached hydrogens (tertiary/aromatic N) is 1. The second-order valence-electron chi connectivity index (χ2n) is 5.04. The van der Waals surface area contributed by atoms with Gasteiger partial charge < -0.3 is 4.90 Å². The average molecular weight is 306 g/mol. The first-order chi connectivity index (χ1) is 10.0. The van der Waals surface area contributed by atoms with Gasteiger partial charge in [-0.3, -0.25) is 4.79 Å². The highest BCUT2D eigenvalue weighted by Crippen LogP contribution is 2.12. The van der Waals surface area contributed by atoms with E-state index >= 15 is 0 Å². The lowest BCUT2D eigenvalue weighted by molar-refractivity contribution is 0.0968. The van der Waals surface area contributed by atoms with Crippen molar-refractivity contribution in [3.63, 3.8) is 0 Å². The molecule has 0 aromatic heterocycles. The molecule has 0 atom stereocenters. The quantitative estimate of drug-likeness (QED) is 0.746. The Kier molecular flexibility index (Phi) is 5.48. The molecule has 4 heteroatoms. The van der Waals surface area contributed by atoms with Crippen molar-refractivity contribution in [3.8, 4) is 0 Å². The lowest BCUT2D eigenvalue weighted by atomic mass is 10.1. The minimum Gasteiger partial charge on any atom is -0.302 e. The predicted molar refractivity (Wildman–Crippen MR) is 83.1 cm³/mol. The highest BCUT2D eigenvalue weighted by molar-refractivity contribution is 6.30. The third-order valence-corrected chi connectivity index (χ3v) is 3.50. The van der Waals surface area contributed by atoms with Gasteiger partial charge in [0.2, 0.25) is 0 Å². The normalized spacial score (nSPS) is 10.9. The van der Waals surface area contributed by atoms with E-state index in [1.54, 1.807) is 0 Å². The van der Waals surface area contributed by atoms with Crippen LogP contribution in [0.5, 0.6) is 0 Å². The number of benzene rings is 2. The van der Waals surface area contributed by atoms with Gasteiger partial charge in [0, 0.05) is 30.1 Å². The van der Waals surface area contributed by atoms with E-state index in [9.17, 15) is 9.18 Å². The Labute approximate surface area is 129 Å². The number of Topliss-reactive ketones (excluding diaryl/α,β-unsaturated/α-hetero) is 1. The number of halogens is 2. The molecule has 21 heavy (non-hydrogen) atoms. The Bertz CT molecular complexity index is 595. The molecule has 110 valence electrons. The van der Waals surface area contributed by atoms with Gasteiger partial charge in [0.15, 0.2) is 5.78 Å². The fourth-order valence-corrected chi connectivity index (χ4v) is 2.18. The fraction of sp³-hybridized carbons (Fsp3) is 0.235. The number of hydrogen-bond donors (Lipinski definition) is 0. The van der Waals surface area contributed by atoms with Gasteiger partial charge in [0.1, 0.15) is 5.82 Å². The van der Waals surface area contributed by atoms with Crippen LogP contribution in [0, 0.1) is 5.82 Å². The highest BCUT2D eigenvalue weighted by atomic mass is 35.5. The first-order valence-corrected chi connectivity index (χ1v) is 7.14. The summed E-state index contributed by atoms with van der Waals surface area (Å²) < 4.78 is 12.8. The van der Waals surface area contributed by atoms with Crippen molar-refractivity contribution in [2.75, 3.05) is 13.6 Å². The Hall–Kier alpha value is -1.71. The van der Waals surface area contributed by atoms with Crippen LogP contribution in [0.4, 0.5) is 4.39 Å². The van der Waals surface area contributed by atoms with Crippen molar-refractivity contribution >= 4 is 17.4 Å². The van der Waals surface area contributed by atoms with Crippen LogP contribution in [0.3, 0.4) is 0 Å².